The highest BCUT2D eigenvalue weighted by molar-refractivity contribution is 7.90. The summed E-state index contributed by atoms with van der Waals surface area (Å²) in [6, 6.07) is 14.8. The number of hydrogen-bond donors (Lipinski definition) is 1. The van der Waals surface area contributed by atoms with Crippen LogP contribution in [-0.2, 0) is 16.6 Å². The van der Waals surface area contributed by atoms with E-state index >= 15 is 0 Å². The first-order valence-electron chi connectivity index (χ1n) is 8.94. The summed E-state index contributed by atoms with van der Waals surface area (Å²) >= 11 is 18.6. The first kappa shape index (κ1) is 21.8. The summed E-state index contributed by atoms with van der Waals surface area (Å²) in [6.45, 7) is 0.131. The lowest BCUT2D eigenvalue weighted by Gasteiger charge is -2.20. The second-order valence-corrected chi connectivity index (χ2v) is 9.37. The molecule has 0 unspecified atom stereocenters. The lowest BCUT2D eigenvalue weighted by atomic mass is 10.1. The Labute approximate surface area is 194 Å². The summed E-state index contributed by atoms with van der Waals surface area (Å²) in [4.78, 5) is 0.108. The van der Waals surface area contributed by atoms with Crippen LogP contribution in [0.1, 0.15) is 11.1 Å². The number of halogens is 3. The smallest absolute Gasteiger partial charge is 0.286 e. The van der Waals surface area contributed by atoms with Gasteiger partial charge in [-0.2, -0.15) is 8.42 Å². The van der Waals surface area contributed by atoms with Crippen molar-refractivity contribution in [1.82, 2.24) is 0 Å². The molecule has 31 heavy (non-hydrogen) atoms. The summed E-state index contributed by atoms with van der Waals surface area (Å²) in [6.07, 6.45) is 0. The number of rotatable bonds is 5. The van der Waals surface area contributed by atoms with E-state index in [1.807, 2.05) is 0 Å². The van der Waals surface area contributed by atoms with Crippen molar-refractivity contribution in [2.45, 2.75) is 11.5 Å². The molecule has 160 valence electrons. The molecule has 0 radical (unpaired) electrons. The molecule has 1 heterocycles. The molecule has 3 aromatic rings. The summed E-state index contributed by atoms with van der Waals surface area (Å²) in [5.74, 6) is 0.734. The predicted molar refractivity (Wildman–Crippen MR) is 123 cm³/mol. The van der Waals surface area contributed by atoms with E-state index in [1.165, 1.54) is 13.2 Å². The van der Waals surface area contributed by atoms with E-state index in [1.54, 1.807) is 48.5 Å². The molecule has 1 aliphatic rings. The molecular weight excluding hydrogens is 483 g/mol. The summed E-state index contributed by atoms with van der Waals surface area (Å²) in [5.41, 5.74) is 1.58. The van der Waals surface area contributed by atoms with Crippen LogP contribution in [-0.4, -0.2) is 21.4 Å². The first-order valence-corrected chi connectivity index (χ1v) is 11.5. The van der Waals surface area contributed by atoms with Crippen LogP contribution in [0.3, 0.4) is 0 Å². The second-order valence-electron chi connectivity index (χ2n) is 6.55. The van der Waals surface area contributed by atoms with Gasteiger partial charge in [-0.15, -0.1) is 4.40 Å². The molecular formula is C21H15Cl3N2O4S. The fraction of sp³-hybridized carbons (Fsp3) is 0.0952. The van der Waals surface area contributed by atoms with Gasteiger partial charge in [0, 0.05) is 21.2 Å². The highest BCUT2D eigenvalue weighted by Crippen LogP contribution is 2.38. The zero-order valence-electron chi connectivity index (χ0n) is 16.0. The van der Waals surface area contributed by atoms with Gasteiger partial charge in [-0.05, 0) is 36.4 Å². The van der Waals surface area contributed by atoms with Gasteiger partial charge in [-0.1, -0.05) is 53.0 Å². The summed E-state index contributed by atoms with van der Waals surface area (Å²) in [7, 11) is -2.39. The third kappa shape index (κ3) is 4.45. The fourth-order valence-corrected chi connectivity index (χ4v) is 4.89. The standard InChI is InChI=1S/C21H15Cl3N2O4S/c1-29-18-9-13(21-25-17-4-2-3-5-19(17)31(27,28)26-21)8-16(24)20(18)30-11-12-6-7-14(22)10-15(12)23/h2-10H,11H2,1H3,(H,25,26). The third-order valence-corrected chi connectivity index (χ3v) is 6.72. The van der Waals surface area contributed by atoms with E-state index in [4.69, 9.17) is 44.3 Å². The minimum atomic E-state index is -3.85. The Kier molecular flexibility index (Phi) is 6.03. The molecule has 0 aliphatic carbocycles. The SMILES string of the molecule is COc1cc(C2=NS(=O)(=O)c3ccccc3N2)cc(Cl)c1OCc1ccc(Cl)cc1Cl. The molecule has 4 rings (SSSR count). The van der Waals surface area contributed by atoms with Crippen molar-refractivity contribution in [2.75, 3.05) is 12.4 Å². The Bertz CT molecular complexity index is 1310. The minimum absolute atomic E-state index is 0.108. The molecule has 0 fully saturated rings. The number of sulfonamides is 1. The van der Waals surface area contributed by atoms with Gasteiger partial charge in [-0.3, -0.25) is 0 Å². The molecule has 0 amide bonds. The highest BCUT2D eigenvalue weighted by Gasteiger charge is 2.26. The third-order valence-electron chi connectivity index (χ3n) is 4.52. The van der Waals surface area contributed by atoms with Gasteiger partial charge >= 0.3 is 0 Å². The Hall–Kier alpha value is -2.45. The topological polar surface area (TPSA) is 77.0 Å². The number of para-hydroxylation sites is 1. The number of ether oxygens (including phenoxy) is 2. The number of anilines is 1. The van der Waals surface area contributed by atoms with Gasteiger partial charge < -0.3 is 14.8 Å². The maximum Gasteiger partial charge on any atom is 0.286 e. The molecule has 0 bridgehead atoms. The van der Waals surface area contributed by atoms with Gasteiger partial charge in [-0.25, -0.2) is 0 Å². The van der Waals surface area contributed by atoms with Crippen molar-refractivity contribution in [3.05, 3.63) is 80.8 Å². The molecule has 1 N–H and O–H groups in total. The van der Waals surface area contributed by atoms with Crippen molar-refractivity contribution < 1.29 is 17.9 Å². The predicted octanol–water partition coefficient (Wildman–Crippen LogP) is 5.80. The van der Waals surface area contributed by atoms with Gasteiger partial charge in [0.2, 0.25) is 0 Å². The Balaban J connectivity index is 1.66. The van der Waals surface area contributed by atoms with Crippen molar-refractivity contribution in [3.8, 4) is 11.5 Å². The van der Waals surface area contributed by atoms with Crippen LogP contribution in [0.15, 0.2) is 63.9 Å². The molecule has 0 saturated heterocycles. The van der Waals surface area contributed by atoms with E-state index in [0.29, 0.717) is 38.4 Å². The van der Waals surface area contributed by atoms with E-state index < -0.39 is 10.0 Å². The molecule has 0 spiro atoms. The number of nitrogens with one attached hydrogen (secondary N) is 1. The molecule has 0 atom stereocenters. The Morgan fingerprint density at radius 2 is 1.77 bits per heavy atom. The van der Waals surface area contributed by atoms with Gasteiger partial charge in [0.25, 0.3) is 10.0 Å². The quantitative estimate of drug-likeness (QED) is 0.482. The maximum absolute atomic E-state index is 12.5. The van der Waals surface area contributed by atoms with E-state index in [9.17, 15) is 8.42 Å². The van der Waals surface area contributed by atoms with Gasteiger partial charge in [0.1, 0.15) is 11.5 Å². The van der Waals surface area contributed by atoms with Crippen LogP contribution in [0.25, 0.3) is 0 Å². The fourth-order valence-electron chi connectivity index (χ4n) is 3.02. The first-order chi connectivity index (χ1) is 14.8. The number of methoxy groups -OCH3 is 1. The lowest BCUT2D eigenvalue weighted by Crippen LogP contribution is -2.22. The maximum atomic E-state index is 12.5. The van der Waals surface area contributed by atoms with Crippen molar-refractivity contribution in [2.24, 2.45) is 4.40 Å². The zero-order valence-corrected chi connectivity index (χ0v) is 19.1. The molecule has 10 heteroatoms. The van der Waals surface area contributed by atoms with Gasteiger partial charge in [0.15, 0.2) is 17.3 Å². The molecule has 6 nitrogen and oxygen atoms in total. The van der Waals surface area contributed by atoms with Crippen molar-refractivity contribution in [1.29, 1.82) is 0 Å². The van der Waals surface area contributed by atoms with E-state index in [-0.39, 0.29) is 22.4 Å². The lowest BCUT2D eigenvalue weighted by molar-refractivity contribution is 0.285. The monoisotopic (exact) mass is 496 g/mol. The largest absolute Gasteiger partial charge is 0.493 e. The second kappa shape index (κ2) is 8.59. The normalized spacial score (nSPS) is 14.3. The Morgan fingerprint density at radius 3 is 2.52 bits per heavy atom. The number of benzene rings is 3. The minimum Gasteiger partial charge on any atom is -0.493 e. The molecule has 0 aromatic heterocycles. The van der Waals surface area contributed by atoms with Crippen molar-refractivity contribution in [3.63, 3.8) is 0 Å². The summed E-state index contributed by atoms with van der Waals surface area (Å²) < 4.78 is 40.2. The average Bonchev–Trinajstić information content (AvgIpc) is 2.73. The number of fused-ring (bicyclic) bond motifs is 1. The zero-order chi connectivity index (χ0) is 22.2. The molecule has 1 aliphatic heterocycles. The van der Waals surface area contributed by atoms with Crippen LogP contribution in [0.2, 0.25) is 15.1 Å². The Morgan fingerprint density at radius 1 is 1.00 bits per heavy atom. The number of amidine groups is 1. The van der Waals surface area contributed by atoms with Crippen molar-refractivity contribution >= 4 is 56.3 Å². The molecule has 3 aromatic carbocycles. The van der Waals surface area contributed by atoms with Crippen LogP contribution in [0.4, 0.5) is 5.69 Å². The molecule has 0 saturated carbocycles. The number of hydrogen-bond acceptors (Lipinski definition) is 5. The number of nitrogens with zero attached hydrogens (tertiary/aromatic N) is 1. The van der Waals surface area contributed by atoms with E-state index in [2.05, 4.69) is 9.71 Å². The highest BCUT2D eigenvalue weighted by atomic mass is 35.5. The summed E-state index contributed by atoms with van der Waals surface area (Å²) in [5, 5.41) is 4.23. The van der Waals surface area contributed by atoms with Crippen LogP contribution >= 0.6 is 34.8 Å². The van der Waals surface area contributed by atoms with Gasteiger partial charge in [0.05, 0.1) is 17.8 Å². The van der Waals surface area contributed by atoms with Crippen LogP contribution in [0, 0.1) is 0 Å². The average molecular weight is 498 g/mol. The van der Waals surface area contributed by atoms with E-state index in [0.717, 1.165) is 0 Å². The van der Waals surface area contributed by atoms with Crippen LogP contribution in [0.5, 0.6) is 11.5 Å². The van der Waals surface area contributed by atoms with Crippen LogP contribution < -0.4 is 14.8 Å².